The number of anilines is 2. The average molecular weight is 491 g/mol. The Bertz CT molecular complexity index is 1390. The third-order valence-electron chi connectivity index (χ3n) is 7.69. The minimum atomic E-state index is -3.26. The molecule has 3 aliphatic rings. The van der Waals surface area contributed by atoms with Gasteiger partial charge in [-0.15, -0.1) is 0 Å². The second-order valence-electron chi connectivity index (χ2n) is 9.73. The Morgan fingerprint density at radius 1 is 0.914 bits per heavy atom. The van der Waals surface area contributed by atoms with Gasteiger partial charge in [-0.3, -0.25) is 4.31 Å². The normalized spacial score (nSPS) is 20.5. The van der Waals surface area contributed by atoms with Gasteiger partial charge in [-0.2, -0.15) is 5.26 Å². The van der Waals surface area contributed by atoms with Crippen molar-refractivity contribution in [3.8, 4) is 17.3 Å². The SMILES string of the molecule is N#Cc1c(-c2ccc(N3CCCCS3(=O)=O)cc2)n(C2CCC2)c2cc(N3CCOCC3)ccc12. The van der Waals surface area contributed by atoms with E-state index in [9.17, 15) is 13.7 Å². The van der Waals surface area contributed by atoms with Crippen LogP contribution >= 0.6 is 0 Å². The average Bonchev–Trinajstić information content (AvgIpc) is 3.16. The Kier molecular flexibility index (Phi) is 5.70. The van der Waals surface area contributed by atoms with Crippen LogP contribution in [0.25, 0.3) is 22.2 Å². The summed E-state index contributed by atoms with van der Waals surface area (Å²) in [6, 6.07) is 17.0. The smallest absolute Gasteiger partial charge is 0.235 e. The fourth-order valence-electron chi connectivity index (χ4n) is 5.60. The first kappa shape index (κ1) is 22.4. The van der Waals surface area contributed by atoms with Crippen molar-refractivity contribution in [2.45, 2.75) is 38.1 Å². The highest BCUT2D eigenvalue weighted by Crippen LogP contribution is 2.43. The molecule has 8 heteroatoms. The van der Waals surface area contributed by atoms with Crippen molar-refractivity contribution in [1.29, 1.82) is 5.26 Å². The molecule has 0 N–H and O–H groups in total. The van der Waals surface area contributed by atoms with Crippen LogP contribution in [0.5, 0.6) is 0 Å². The Labute approximate surface area is 206 Å². The fraction of sp³-hybridized carbons (Fsp3) is 0.444. The van der Waals surface area contributed by atoms with Gasteiger partial charge in [0.25, 0.3) is 0 Å². The number of hydrogen-bond acceptors (Lipinski definition) is 5. The van der Waals surface area contributed by atoms with E-state index in [-0.39, 0.29) is 5.75 Å². The molecule has 2 saturated heterocycles. The van der Waals surface area contributed by atoms with Crippen molar-refractivity contribution < 1.29 is 13.2 Å². The molecule has 0 atom stereocenters. The van der Waals surface area contributed by atoms with E-state index in [2.05, 4.69) is 33.7 Å². The molecule has 0 unspecified atom stereocenters. The van der Waals surface area contributed by atoms with Gasteiger partial charge in [0.1, 0.15) is 6.07 Å². The van der Waals surface area contributed by atoms with E-state index in [0.717, 1.165) is 74.1 Å². The first-order valence-corrected chi connectivity index (χ1v) is 14.2. The number of benzene rings is 2. The molecule has 3 aromatic rings. The van der Waals surface area contributed by atoms with Crippen LogP contribution in [0.15, 0.2) is 42.5 Å². The van der Waals surface area contributed by atoms with Crippen molar-refractivity contribution in [2.75, 3.05) is 47.8 Å². The van der Waals surface area contributed by atoms with Crippen molar-refractivity contribution in [3.63, 3.8) is 0 Å². The van der Waals surface area contributed by atoms with Gasteiger partial charge in [0, 0.05) is 36.7 Å². The number of morpholine rings is 1. The lowest BCUT2D eigenvalue weighted by atomic mass is 9.92. The molecule has 1 aliphatic carbocycles. The second kappa shape index (κ2) is 8.89. The Morgan fingerprint density at radius 2 is 1.66 bits per heavy atom. The first-order chi connectivity index (χ1) is 17.1. The van der Waals surface area contributed by atoms with Gasteiger partial charge in [-0.05, 0) is 68.0 Å². The van der Waals surface area contributed by atoms with Gasteiger partial charge in [0.15, 0.2) is 0 Å². The van der Waals surface area contributed by atoms with E-state index in [1.165, 1.54) is 16.4 Å². The topological polar surface area (TPSA) is 78.6 Å². The lowest BCUT2D eigenvalue weighted by Gasteiger charge is -2.32. The molecule has 0 spiro atoms. The minimum Gasteiger partial charge on any atom is -0.378 e. The maximum absolute atomic E-state index is 12.6. The highest BCUT2D eigenvalue weighted by molar-refractivity contribution is 7.92. The van der Waals surface area contributed by atoms with Crippen molar-refractivity contribution in [2.24, 2.45) is 0 Å². The molecule has 1 saturated carbocycles. The summed E-state index contributed by atoms with van der Waals surface area (Å²) in [5.74, 6) is 0.203. The summed E-state index contributed by atoms with van der Waals surface area (Å²) >= 11 is 0. The van der Waals surface area contributed by atoms with Gasteiger partial charge in [0.2, 0.25) is 10.0 Å². The molecular weight excluding hydrogens is 460 g/mol. The van der Waals surface area contributed by atoms with E-state index >= 15 is 0 Å². The molecule has 7 nitrogen and oxygen atoms in total. The molecule has 2 aromatic carbocycles. The van der Waals surface area contributed by atoms with E-state index in [4.69, 9.17) is 4.74 Å². The summed E-state index contributed by atoms with van der Waals surface area (Å²) in [7, 11) is -3.26. The van der Waals surface area contributed by atoms with Crippen LogP contribution in [0.2, 0.25) is 0 Å². The quantitative estimate of drug-likeness (QED) is 0.531. The monoisotopic (exact) mass is 490 g/mol. The van der Waals surface area contributed by atoms with E-state index < -0.39 is 10.0 Å². The highest BCUT2D eigenvalue weighted by Gasteiger charge is 2.29. The van der Waals surface area contributed by atoms with Crippen LogP contribution in [0.1, 0.15) is 43.7 Å². The molecule has 6 rings (SSSR count). The summed E-state index contributed by atoms with van der Waals surface area (Å²) in [5, 5.41) is 11.2. The number of aromatic nitrogens is 1. The predicted octanol–water partition coefficient (Wildman–Crippen LogP) is 4.67. The number of nitrogens with zero attached hydrogens (tertiary/aromatic N) is 4. The van der Waals surface area contributed by atoms with E-state index in [1.54, 1.807) is 0 Å². The zero-order valence-electron chi connectivity index (χ0n) is 19.8. The van der Waals surface area contributed by atoms with Gasteiger partial charge in [-0.25, -0.2) is 8.42 Å². The lowest BCUT2D eigenvalue weighted by Crippen LogP contribution is -2.37. The molecule has 2 aliphatic heterocycles. The van der Waals surface area contributed by atoms with Crippen LogP contribution < -0.4 is 9.21 Å². The summed E-state index contributed by atoms with van der Waals surface area (Å²) in [6.07, 6.45) is 5.00. The Hall–Kier alpha value is -3.02. The lowest BCUT2D eigenvalue weighted by molar-refractivity contribution is 0.122. The van der Waals surface area contributed by atoms with Crippen LogP contribution in [0.4, 0.5) is 11.4 Å². The second-order valence-corrected chi connectivity index (χ2v) is 11.7. The van der Waals surface area contributed by atoms with Gasteiger partial charge in [0.05, 0.1) is 41.4 Å². The third kappa shape index (κ3) is 3.87. The summed E-state index contributed by atoms with van der Waals surface area (Å²) in [6.45, 7) is 3.73. The minimum absolute atomic E-state index is 0.203. The number of rotatable bonds is 4. The van der Waals surface area contributed by atoms with Gasteiger partial charge >= 0.3 is 0 Å². The number of sulfonamides is 1. The maximum Gasteiger partial charge on any atom is 0.235 e. The number of nitriles is 1. The summed E-state index contributed by atoms with van der Waals surface area (Å²) < 4.78 is 34.6. The molecule has 0 bridgehead atoms. The van der Waals surface area contributed by atoms with E-state index in [0.29, 0.717) is 23.8 Å². The molecule has 182 valence electrons. The van der Waals surface area contributed by atoms with Crippen molar-refractivity contribution in [1.82, 2.24) is 4.57 Å². The van der Waals surface area contributed by atoms with E-state index in [1.807, 2.05) is 24.3 Å². The molecule has 0 radical (unpaired) electrons. The fourth-order valence-corrected chi connectivity index (χ4v) is 7.24. The van der Waals surface area contributed by atoms with Crippen molar-refractivity contribution >= 4 is 32.3 Å². The molecule has 3 fully saturated rings. The number of ether oxygens (including phenoxy) is 1. The van der Waals surface area contributed by atoms with Gasteiger partial charge in [-0.1, -0.05) is 12.1 Å². The number of hydrogen-bond donors (Lipinski definition) is 0. The molecule has 35 heavy (non-hydrogen) atoms. The van der Waals surface area contributed by atoms with Crippen LogP contribution in [-0.2, 0) is 14.8 Å². The predicted molar refractivity (Wildman–Crippen MR) is 138 cm³/mol. The summed E-state index contributed by atoms with van der Waals surface area (Å²) in [5.41, 5.74) is 5.57. The largest absolute Gasteiger partial charge is 0.378 e. The first-order valence-electron chi connectivity index (χ1n) is 12.6. The van der Waals surface area contributed by atoms with Crippen LogP contribution in [0.3, 0.4) is 0 Å². The zero-order chi connectivity index (χ0) is 24.0. The zero-order valence-corrected chi connectivity index (χ0v) is 20.6. The Balaban J connectivity index is 1.46. The van der Waals surface area contributed by atoms with Gasteiger partial charge < -0.3 is 14.2 Å². The molecule has 1 aromatic heterocycles. The highest BCUT2D eigenvalue weighted by atomic mass is 32.2. The van der Waals surface area contributed by atoms with Crippen molar-refractivity contribution in [3.05, 3.63) is 48.0 Å². The third-order valence-corrected chi connectivity index (χ3v) is 9.56. The standard InChI is InChI=1S/C27H30N4O3S/c28-19-25-24-11-10-23(29-13-15-34-16-14-29)18-26(24)31(22-4-3-5-22)27(25)20-6-8-21(9-7-20)30-12-1-2-17-35(30,32)33/h6-11,18,22H,1-5,12-17H2. The van der Waals surface area contributed by atoms with Crippen LogP contribution in [0, 0.1) is 11.3 Å². The molecule has 3 heterocycles. The maximum atomic E-state index is 12.6. The Morgan fingerprint density at radius 3 is 2.31 bits per heavy atom. The molecule has 0 amide bonds. The number of fused-ring (bicyclic) bond motifs is 1. The van der Waals surface area contributed by atoms with Crippen LogP contribution in [-0.4, -0.2) is 51.6 Å². The molecular formula is C27H30N4O3S. The summed E-state index contributed by atoms with van der Waals surface area (Å²) in [4.78, 5) is 2.35.